The molecule has 0 aromatic heterocycles. The Balaban J connectivity index is 1.72. The van der Waals surface area contributed by atoms with E-state index in [0.717, 1.165) is 84.2 Å². The van der Waals surface area contributed by atoms with Crippen LogP contribution >= 0.6 is 0 Å². The summed E-state index contributed by atoms with van der Waals surface area (Å²) in [4.78, 5) is 17.9. The monoisotopic (exact) mass is 479 g/mol. The highest BCUT2D eigenvalue weighted by Crippen LogP contribution is 2.22. The van der Waals surface area contributed by atoms with Crippen molar-refractivity contribution in [2.24, 2.45) is 0 Å². The third-order valence-corrected chi connectivity index (χ3v) is 8.54. The van der Waals surface area contributed by atoms with Crippen LogP contribution in [-0.2, 0) is 14.8 Å². The van der Waals surface area contributed by atoms with E-state index in [1.54, 1.807) is 28.6 Å². The number of amides is 1. The predicted molar refractivity (Wildman–Crippen MR) is 131 cm³/mol. The zero-order valence-corrected chi connectivity index (χ0v) is 21.0. The number of morpholine rings is 1. The molecule has 2 aliphatic heterocycles. The molecule has 8 heteroatoms. The number of benzene rings is 1. The van der Waals surface area contributed by atoms with E-state index in [1.165, 1.54) is 0 Å². The Kier molecular flexibility index (Phi) is 10.6. The van der Waals surface area contributed by atoms with Gasteiger partial charge in [-0.15, -0.1) is 0 Å². The summed E-state index contributed by atoms with van der Waals surface area (Å²) >= 11 is 0. The fourth-order valence-electron chi connectivity index (χ4n) is 4.53. The highest BCUT2D eigenvalue weighted by Gasteiger charge is 2.26. The van der Waals surface area contributed by atoms with Crippen LogP contribution in [0.25, 0.3) is 0 Å². The molecule has 0 N–H and O–H groups in total. The summed E-state index contributed by atoms with van der Waals surface area (Å²) in [6.07, 6.45) is 8.31. The van der Waals surface area contributed by atoms with Gasteiger partial charge in [-0.05, 0) is 37.5 Å². The molecule has 0 aliphatic carbocycles. The first-order valence-corrected chi connectivity index (χ1v) is 14.2. The maximum absolute atomic E-state index is 13.5. The first-order chi connectivity index (χ1) is 16.0. The van der Waals surface area contributed by atoms with Crippen LogP contribution in [-0.4, -0.2) is 87.5 Å². The molecule has 186 valence electrons. The second kappa shape index (κ2) is 13.4. The van der Waals surface area contributed by atoms with E-state index in [0.29, 0.717) is 31.7 Å². The fraction of sp³-hybridized carbons (Fsp3) is 0.720. The van der Waals surface area contributed by atoms with Gasteiger partial charge in [-0.3, -0.25) is 9.69 Å². The first-order valence-electron chi connectivity index (χ1n) is 12.7. The van der Waals surface area contributed by atoms with Gasteiger partial charge in [0.15, 0.2) is 0 Å². The number of carbonyl (C=O) groups is 1. The van der Waals surface area contributed by atoms with E-state index in [1.807, 2.05) is 4.90 Å². The number of ether oxygens (including phenoxy) is 1. The summed E-state index contributed by atoms with van der Waals surface area (Å²) in [6.45, 7) is 8.71. The van der Waals surface area contributed by atoms with Crippen LogP contribution in [0, 0.1) is 0 Å². The molecule has 3 rings (SSSR count). The lowest BCUT2D eigenvalue weighted by Crippen LogP contribution is -2.43. The second-order valence-electron chi connectivity index (χ2n) is 9.15. The highest BCUT2D eigenvalue weighted by molar-refractivity contribution is 7.89. The Bertz CT molecular complexity index is 832. The van der Waals surface area contributed by atoms with Crippen molar-refractivity contribution in [2.45, 2.75) is 63.2 Å². The molecule has 1 aromatic carbocycles. The van der Waals surface area contributed by atoms with E-state index in [9.17, 15) is 13.2 Å². The van der Waals surface area contributed by atoms with Gasteiger partial charge in [0.2, 0.25) is 10.0 Å². The van der Waals surface area contributed by atoms with Gasteiger partial charge in [-0.2, -0.15) is 4.31 Å². The number of hydrogen-bond acceptors (Lipinski definition) is 5. The Morgan fingerprint density at radius 3 is 2.39 bits per heavy atom. The quantitative estimate of drug-likeness (QED) is 0.454. The maximum atomic E-state index is 13.5. The topological polar surface area (TPSA) is 70.2 Å². The Labute approximate surface area is 200 Å². The normalized spacial score (nSPS) is 18.7. The molecule has 2 aliphatic rings. The number of unbranched alkanes of at least 4 members (excludes halogenated alkanes) is 3. The second-order valence-corrected chi connectivity index (χ2v) is 11.1. The van der Waals surface area contributed by atoms with Crippen molar-refractivity contribution >= 4 is 15.9 Å². The van der Waals surface area contributed by atoms with Crippen LogP contribution in [0.4, 0.5) is 0 Å². The molecular formula is C25H41N3O4S. The fourth-order valence-corrected chi connectivity index (χ4v) is 6.10. The van der Waals surface area contributed by atoms with Crippen molar-refractivity contribution in [3.63, 3.8) is 0 Å². The Hall–Kier alpha value is -1.48. The lowest BCUT2D eigenvalue weighted by molar-refractivity contribution is 0.0324. The predicted octanol–water partition coefficient (Wildman–Crippen LogP) is 3.61. The van der Waals surface area contributed by atoms with Crippen molar-refractivity contribution in [1.29, 1.82) is 0 Å². The zero-order chi connectivity index (χ0) is 23.5. The number of rotatable bonds is 11. The molecule has 0 radical (unpaired) electrons. The molecule has 1 aromatic rings. The van der Waals surface area contributed by atoms with Crippen molar-refractivity contribution < 1.29 is 17.9 Å². The summed E-state index contributed by atoms with van der Waals surface area (Å²) in [5.41, 5.74) is 0.461. The maximum Gasteiger partial charge on any atom is 0.253 e. The van der Waals surface area contributed by atoms with Gasteiger partial charge in [0.25, 0.3) is 5.91 Å². The molecule has 2 heterocycles. The van der Waals surface area contributed by atoms with Gasteiger partial charge in [0.1, 0.15) is 0 Å². The largest absolute Gasteiger partial charge is 0.379 e. The van der Waals surface area contributed by atoms with E-state index in [-0.39, 0.29) is 10.8 Å². The van der Waals surface area contributed by atoms with Gasteiger partial charge in [0, 0.05) is 51.4 Å². The summed E-state index contributed by atoms with van der Waals surface area (Å²) in [5, 5.41) is 0. The molecule has 0 bridgehead atoms. The standard InChI is InChI=1S/C25H41N3O4S/c1-2-3-4-7-13-27(17-16-26-18-20-32-21-19-26)25(29)23-11-10-12-24(22-23)33(30,31)28-14-8-5-6-9-15-28/h10-12,22H,2-9,13-21H2,1H3. The van der Waals surface area contributed by atoms with Crippen LogP contribution in [0.15, 0.2) is 29.2 Å². The molecule has 1 amide bonds. The number of carbonyl (C=O) groups excluding carboxylic acids is 1. The lowest BCUT2D eigenvalue weighted by Gasteiger charge is -2.30. The molecule has 7 nitrogen and oxygen atoms in total. The number of hydrogen-bond donors (Lipinski definition) is 0. The number of sulfonamides is 1. The molecule has 0 saturated carbocycles. The summed E-state index contributed by atoms with van der Waals surface area (Å²) in [7, 11) is -3.58. The summed E-state index contributed by atoms with van der Waals surface area (Å²) in [5.74, 6) is -0.0762. The van der Waals surface area contributed by atoms with Crippen LogP contribution in [0.5, 0.6) is 0 Å². The van der Waals surface area contributed by atoms with Crippen molar-refractivity contribution in [2.75, 3.05) is 59.0 Å². The van der Waals surface area contributed by atoms with Crippen LogP contribution in [0.1, 0.15) is 68.6 Å². The van der Waals surface area contributed by atoms with Gasteiger partial charge in [-0.25, -0.2) is 8.42 Å². The van der Waals surface area contributed by atoms with Crippen LogP contribution in [0.3, 0.4) is 0 Å². The summed E-state index contributed by atoms with van der Waals surface area (Å²) in [6, 6.07) is 6.65. The van der Waals surface area contributed by atoms with E-state index in [2.05, 4.69) is 11.8 Å². The van der Waals surface area contributed by atoms with Gasteiger partial charge in [0.05, 0.1) is 18.1 Å². The Morgan fingerprint density at radius 1 is 0.970 bits per heavy atom. The highest BCUT2D eigenvalue weighted by atomic mass is 32.2. The zero-order valence-electron chi connectivity index (χ0n) is 20.2. The van der Waals surface area contributed by atoms with Gasteiger partial charge < -0.3 is 9.64 Å². The molecule has 0 atom stereocenters. The van der Waals surface area contributed by atoms with Crippen LogP contribution < -0.4 is 0 Å². The van der Waals surface area contributed by atoms with Gasteiger partial charge in [-0.1, -0.05) is 45.1 Å². The average Bonchev–Trinajstić information content (AvgIpc) is 3.14. The van der Waals surface area contributed by atoms with Crippen molar-refractivity contribution in [1.82, 2.24) is 14.1 Å². The van der Waals surface area contributed by atoms with Gasteiger partial charge >= 0.3 is 0 Å². The third-order valence-electron chi connectivity index (χ3n) is 6.64. The average molecular weight is 480 g/mol. The molecule has 33 heavy (non-hydrogen) atoms. The van der Waals surface area contributed by atoms with Crippen molar-refractivity contribution in [3.8, 4) is 0 Å². The Morgan fingerprint density at radius 2 is 1.70 bits per heavy atom. The van der Waals surface area contributed by atoms with E-state index >= 15 is 0 Å². The minimum atomic E-state index is -3.58. The first kappa shape index (κ1) is 26.1. The smallest absolute Gasteiger partial charge is 0.253 e. The molecular weight excluding hydrogens is 438 g/mol. The molecule has 2 saturated heterocycles. The minimum Gasteiger partial charge on any atom is -0.379 e. The summed E-state index contributed by atoms with van der Waals surface area (Å²) < 4.78 is 33.5. The minimum absolute atomic E-state index is 0.0762. The third kappa shape index (κ3) is 7.77. The van der Waals surface area contributed by atoms with Crippen molar-refractivity contribution in [3.05, 3.63) is 29.8 Å². The van der Waals surface area contributed by atoms with E-state index in [4.69, 9.17) is 4.74 Å². The molecule has 0 spiro atoms. The van der Waals surface area contributed by atoms with Crippen LogP contribution in [0.2, 0.25) is 0 Å². The van der Waals surface area contributed by atoms with E-state index < -0.39 is 10.0 Å². The number of nitrogens with zero attached hydrogens (tertiary/aromatic N) is 3. The SMILES string of the molecule is CCCCCCN(CCN1CCOCC1)C(=O)c1cccc(S(=O)(=O)N2CCCCCC2)c1. The molecule has 2 fully saturated rings. The molecule has 0 unspecified atom stereocenters. The lowest BCUT2D eigenvalue weighted by atomic mass is 10.1.